The Morgan fingerprint density at radius 1 is 1.17 bits per heavy atom. The summed E-state index contributed by atoms with van der Waals surface area (Å²) in [4.78, 5) is 18.3. The van der Waals surface area contributed by atoms with Gasteiger partial charge in [-0.15, -0.1) is 24.0 Å². The van der Waals surface area contributed by atoms with E-state index in [0.29, 0.717) is 19.6 Å². The van der Waals surface area contributed by atoms with Crippen LogP contribution in [0.1, 0.15) is 46.0 Å². The third-order valence-electron chi connectivity index (χ3n) is 3.63. The Kier molecular flexibility index (Phi) is 14.6. The Labute approximate surface area is 157 Å². The van der Waals surface area contributed by atoms with Gasteiger partial charge in [0.05, 0.1) is 6.61 Å². The minimum atomic E-state index is -0.138. The van der Waals surface area contributed by atoms with E-state index in [1.807, 2.05) is 6.92 Å². The van der Waals surface area contributed by atoms with Crippen LogP contribution >= 0.6 is 24.0 Å². The van der Waals surface area contributed by atoms with Crippen molar-refractivity contribution in [2.45, 2.75) is 46.0 Å². The number of halogens is 1. The van der Waals surface area contributed by atoms with Crippen molar-refractivity contribution in [2.75, 3.05) is 45.9 Å². The predicted molar refractivity (Wildman–Crippen MR) is 106 cm³/mol. The third-order valence-corrected chi connectivity index (χ3v) is 3.63. The fourth-order valence-corrected chi connectivity index (χ4v) is 2.50. The lowest BCUT2D eigenvalue weighted by Gasteiger charge is -2.26. The van der Waals surface area contributed by atoms with Gasteiger partial charge in [-0.05, 0) is 46.2 Å². The first-order valence-electron chi connectivity index (χ1n) is 8.66. The quantitative estimate of drug-likeness (QED) is 0.189. The molecule has 1 fully saturated rings. The molecule has 2 N–H and O–H groups in total. The standard InChI is InChI=1S/C16H32N4O2.HI/c1-3-17-16(18-10-8-9-15(21)22-4-2)19-11-14-20-12-6-5-7-13-20;/h3-14H2,1-2H3,(H2,17,18,19);1H. The van der Waals surface area contributed by atoms with Crippen LogP contribution in [0.3, 0.4) is 0 Å². The average Bonchev–Trinajstić information content (AvgIpc) is 2.53. The van der Waals surface area contributed by atoms with E-state index < -0.39 is 0 Å². The van der Waals surface area contributed by atoms with Crippen LogP contribution in [0.4, 0.5) is 0 Å². The maximum atomic E-state index is 11.3. The van der Waals surface area contributed by atoms with Gasteiger partial charge in [-0.2, -0.15) is 0 Å². The number of carbonyl (C=O) groups excluding carboxylic acids is 1. The molecule has 0 saturated carbocycles. The highest BCUT2D eigenvalue weighted by atomic mass is 127. The first-order chi connectivity index (χ1) is 10.8. The highest BCUT2D eigenvalue weighted by Crippen LogP contribution is 2.07. The summed E-state index contributed by atoms with van der Waals surface area (Å²) in [6, 6.07) is 0. The number of ether oxygens (including phenoxy) is 1. The van der Waals surface area contributed by atoms with E-state index in [1.165, 1.54) is 32.4 Å². The van der Waals surface area contributed by atoms with Crippen molar-refractivity contribution in [1.29, 1.82) is 0 Å². The molecule has 1 saturated heterocycles. The number of aliphatic imine (C=N–C) groups is 1. The second-order valence-electron chi connectivity index (χ2n) is 5.50. The highest BCUT2D eigenvalue weighted by molar-refractivity contribution is 14.0. The van der Waals surface area contributed by atoms with Gasteiger partial charge in [-0.25, -0.2) is 0 Å². The number of nitrogens with zero attached hydrogens (tertiary/aromatic N) is 2. The Morgan fingerprint density at radius 2 is 1.91 bits per heavy atom. The van der Waals surface area contributed by atoms with E-state index in [4.69, 9.17) is 4.74 Å². The number of guanidine groups is 1. The summed E-state index contributed by atoms with van der Waals surface area (Å²) >= 11 is 0. The highest BCUT2D eigenvalue weighted by Gasteiger charge is 2.09. The van der Waals surface area contributed by atoms with Crippen LogP contribution in [0.15, 0.2) is 4.99 Å². The molecule has 1 aliphatic heterocycles. The molecule has 1 rings (SSSR count). The molecule has 1 aliphatic rings. The molecular formula is C16H33IN4O2. The van der Waals surface area contributed by atoms with Gasteiger partial charge < -0.3 is 20.3 Å². The molecule has 0 spiro atoms. The van der Waals surface area contributed by atoms with Crippen molar-refractivity contribution in [2.24, 2.45) is 4.99 Å². The zero-order valence-electron chi connectivity index (χ0n) is 14.6. The number of esters is 1. The van der Waals surface area contributed by atoms with Crippen LogP contribution in [0, 0.1) is 0 Å². The molecule has 6 nitrogen and oxygen atoms in total. The third kappa shape index (κ3) is 11.6. The van der Waals surface area contributed by atoms with E-state index in [0.717, 1.165) is 32.0 Å². The molecule has 0 amide bonds. The number of piperidine rings is 1. The molecule has 0 aliphatic carbocycles. The summed E-state index contributed by atoms with van der Waals surface area (Å²) < 4.78 is 4.90. The van der Waals surface area contributed by atoms with Crippen LogP contribution in [0.25, 0.3) is 0 Å². The zero-order chi connectivity index (χ0) is 16.0. The van der Waals surface area contributed by atoms with Gasteiger partial charge in [-0.3, -0.25) is 9.79 Å². The maximum Gasteiger partial charge on any atom is 0.305 e. The molecule has 7 heteroatoms. The number of rotatable bonds is 9. The molecule has 136 valence electrons. The van der Waals surface area contributed by atoms with Gasteiger partial charge in [0.15, 0.2) is 5.96 Å². The molecule has 1 heterocycles. The van der Waals surface area contributed by atoms with E-state index in [1.54, 1.807) is 0 Å². The first kappa shape index (κ1) is 22.4. The van der Waals surface area contributed by atoms with Gasteiger partial charge in [0.1, 0.15) is 0 Å². The lowest BCUT2D eigenvalue weighted by molar-refractivity contribution is -0.143. The monoisotopic (exact) mass is 440 g/mol. The summed E-state index contributed by atoms with van der Waals surface area (Å²) in [6.07, 6.45) is 5.17. The molecule has 0 atom stereocenters. The van der Waals surface area contributed by atoms with Crippen molar-refractivity contribution in [3.8, 4) is 0 Å². The largest absolute Gasteiger partial charge is 0.466 e. The molecule has 0 aromatic carbocycles. The molecule has 0 bridgehead atoms. The molecule has 0 radical (unpaired) electrons. The molecule has 0 aromatic heterocycles. The average molecular weight is 440 g/mol. The molecule has 23 heavy (non-hydrogen) atoms. The van der Waals surface area contributed by atoms with Crippen molar-refractivity contribution < 1.29 is 9.53 Å². The Balaban J connectivity index is 0.00000484. The number of carbonyl (C=O) groups is 1. The lowest BCUT2D eigenvalue weighted by Crippen LogP contribution is -2.42. The van der Waals surface area contributed by atoms with Gasteiger partial charge in [0.25, 0.3) is 0 Å². The smallest absolute Gasteiger partial charge is 0.305 e. The van der Waals surface area contributed by atoms with Gasteiger partial charge in [0.2, 0.25) is 0 Å². The molecule has 0 aromatic rings. The predicted octanol–water partition coefficient (Wildman–Crippen LogP) is 1.99. The van der Waals surface area contributed by atoms with Crippen molar-refractivity contribution >= 4 is 35.9 Å². The second-order valence-corrected chi connectivity index (χ2v) is 5.50. The van der Waals surface area contributed by atoms with Crippen LogP contribution in [0.5, 0.6) is 0 Å². The second kappa shape index (κ2) is 15.0. The van der Waals surface area contributed by atoms with Crippen molar-refractivity contribution in [1.82, 2.24) is 15.5 Å². The first-order valence-corrected chi connectivity index (χ1v) is 8.66. The van der Waals surface area contributed by atoms with Crippen LogP contribution in [0.2, 0.25) is 0 Å². The van der Waals surface area contributed by atoms with E-state index in [-0.39, 0.29) is 29.9 Å². The summed E-state index contributed by atoms with van der Waals surface area (Å²) in [5.74, 6) is 0.698. The van der Waals surface area contributed by atoms with E-state index in [9.17, 15) is 4.79 Å². The fraction of sp³-hybridized carbons (Fsp3) is 0.875. The Hall–Kier alpha value is -0.570. The van der Waals surface area contributed by atoms with Crippen LogP contribution in [-0.2, 0) is 9.53 Å². The van der Waals surface area contributed by atoms with Gasteiger partial charge in [-0.1, -0.05) is 6.42 Å². The number of hydrogen-bond donors (Lipinski definition) is 2. The summed E-state index contributed by atoms with van der Waals surface area (Å²) in [5, 5.41) is 6.60. The van der Waals surface area contributed by atoms with Crippen molar-refractivity contribution in [3.05, 3.63) is 0 Å². The molecular weight excluding hydrogens is 407 g/mol. The molecule has 0 unspecified atom stereocenters. The normalized spacial score (nSPS) is 15.7. The van der Waals surface area contributed by atoms with E-state index in [2.05, 4.69) is 27.4 Å². The van der Waals surface area contributed by atoms with E-state index >= 15 is 0 Å². The number of nitrogens with one attached hydrogen (secondary N) is 2. The lowest BCUT2D eigenvalue weighted by atomic mass is 10.1. The Morgan fingerprint density at radius 3 is 2.57 bits per heavy atom. The minimum absolute atomic E-state index is 0. The minimum Gasteiger partial charge on any atom is -0.466 e. The van der Waals surface area contributed by atoms with Gasteiger partial charge in [0, 0.05) is 32.6 Å². The summed E-state index contributed by atoms with van der Waals surface area (Å²) in [6.45, 7) is 10.2. The summed E-state index contributed by atoms with van der Waals surface area (Å²) in [5.41, 5.74) is 0. The van der Waals surface area contributed by atoms with Gasteiger partial charge >= 0.3 is 5.97 Å². The SMILES string of the molecule is CCNC(=NCCCC(=O)OCC)NCCN1CCCCC1.I. The number of likely N-dealkylation sites (tertiary alicyclic amines) is 1. The zero-order valence-corrected chi connectivity index (χ0v) is 16.9. The summed E-state index contributed by atoms with van der Waals surface area (Å²) in [7, 11) is 0. The Bertz CT molecular complexity index is 334. The van der Waals surface area contributed by atoms with Crippen LogP contribution < -0.4 is 10.6 Å². The van der Waals surface area contributed by atoms with Crippen molar-refractivity contribution in [3.63, 3.8) is 0 Å². The maximum absolute atomic E-state index is 11.3. The van der Waals surface area contributed by atoms with Crippen LogP contribution in [-0.4, -0.2) is 62.7 Å². The number of hydrogen-bond acceptors (Lipinski definition) is 4. The fourth-order valence-electron chi connectivity index (χ4n) is 2.50. The topological polar surface area (TPSA) is 66.0 Å².